The Morgan fingerprint density at radius 2 is 0.902 bits per heavy atom. The van der Waals surface area contributed by atoms with Crippen molar-refractivity contribution in [1.29, 1.82) is 0 Å². The second-order valence-corrected chi connectivity index (χ2v) is 10.3. The minimum Gasteiger partial charge on any atom is -0.368 e. The van der Waals surface area contributed by atoms with Crippen LogP contribution in [0.5, 0.6) is 0 Å². The summed E-state index contributed by atoms with van der Waals surface area (Å²) in [6.07, 6.45) is 1.60. The van der Waals surface area contributed by atoms with Crippen molar-refractivity contribution in [2.24, 2.45) is 11.5 Å². The second kappa shape index (κ2) is 18.5. The predicted molar refractivity (Wildman–Crippen MR) is 151 cm³/mol. The number of nitrogens with one attached hydrogen (secondary N) is 1. The molecule has 16 nitrogen and oxygen atoms in total. The quantitative estimate of drug-likeness (QED) is 0.134. The minimum atomic E-state index is -0.879. The molecule has 0 aromatic carbocycles. The van der Waals surface area contributed by atoms with E-state index in [1.165, 1.54) is 40.1 Å². The number of carbonyl (C=O) groups excluding carboxylic acids is 7. The third-order valence-corrected chi connectivity index (χ3v) is 6.08. The Kier molecular flexibility index (Phi) is 16.8. The molecule has 0 aromatic heterocycles. The molecule has 1 atom stereocenters. The maximum atomic E-state index is 12.6. The topological polar surface area (TPSA) is 203 Å². The van der Waals surface area contributed by atoms with Crippen molar-refractivity contribution >= 4 is 41.4 Å². The summed E-state index contributed by atoms with van der Waals surface area (Å²) in [6, 6.07) is -0.879. The molecule has 0 aliphatic rings. The monoisotopic (exact) mass is 585 g/mol. The molecule has 41 heavy (non-hydrogen) atoms. The zero-order valence-corrected chi connectivity index (χ0v) is 25.3. The Balaban J connectivity index is 4.74. The number of primary amides is 1. The summed E-state index contributed by atoms with van der Waals surface area (Å²) in [5.74, 6) is -3.55. The van der Waals surface area contributed by atoms with Gasteiger partial charge in [-0.05, 0) is 39.9 Å². The number of likely N-dealkylation sites (N-methyl/N-ethyl adjacent to an activating group) is 6. The zero-order chi connectivity index (χ0) is 31.9. The lowest BCUT2D eigenvalue weighted by Gasteiger charge is -2.26. The van der Waals surface area contributed by atoms with Gasteiger partial charge in [0.15, 0.2) is 0 Å². The summed E-state index contributed by atoms with van der Waals surface area (Å²) < 4.78 is 0. The van der Waals surface area contributed by atoms with E-state index in [1.54, 1.807) is 19.0 Å². The zero-order valence-electron chi connectivity index (χ0n) is 25.3. The molecular formula is C25H47N9O7. The van der Waals surface area contributed by atoms with Crippen LogP contribution in [0, 0.1) is 0 Å². The number of hydrogen-bond donors (Lipinski definition) is 3. The average molecular weight is 586 g/mol. The molecule has 0 spiro atoms. The highest BCUT2D eigenvalue weighted by Gasteiger charge is 2.24. The van der Waals surface area contributed by atoms with Gasteiger partial charge in [-0.25, -0.2) is 0 Å². The molecule has 0 bridgehead atoms. The van der Waals surface area contributed by atoms with Gasteiger partial charge in [0.25, 0.3) is 0 Å². The molecule has 0 aliphatic heterocycles. The highest BCUT2D eigenvalue weighted by molar-refractivity contribution is 5.92. The first-order valence-electron chi connectivity index (χ1n) is 13.1. The van der Waals surface area contributed by atoms with Crippen LogP contribution in [0.15, 0.2) is 0 Å². The van der Waals surface area contributed by atoms with Crippen molar-refractivity contribution in [3.05, 3.63) is 0 Å². The van der Waals surface area contributed by atoms with Crippen LogP contribution in [0.25, 0.3) is 0 Å². The lowest BCUT2D eigenvalue weighted by Crippen LogP contribution is -2.50. The van der Waals surface area contributed by atoms with Gasteiger partial charge in [-0.1, -0.05) is 0 Å². The van der Waals surface area contributed by atoms with Crippen molar-refractivity contribution in [3.8, 4) is 0 Å². The first kappa shape index (κ1) is 37.2. The fourth-order valence-electron chi connectivity index (χ4n) is 3.36. The molecular weight excluding hydrogens is 538 g/mol. The third-order valence-electron chi connectivity index (χ3n) is 6.08. The van der Waals surface area contributed by atoms with Crippen molar-refractivity contribution in [1.82, 2.24) is 34.7 Å². The van der Waals surface area contributed by atoms with E-state index in [-0.39, 0.29) is 45.2 Å². The van der Waals surface area contributed by atoms with E-state index >= 15 is 0 Å². The van der Waals surface area contributed by atoms with Crippen LogP contribution in [0.4, 0.5) is 0 Å². The predicted octanol–water partition coefficient (Wildman–Crippen LogP) is -4.06. The van der Waals surface area contributed by atoms with E-state index in [9.17, 15) is 33.6 Å². The van der Waals surface area contributed by atoms with E-state index in [0.29, 0.717) is 25.8 Å². The minimum absolute atomic E-state index is 0.141. The van der Waals surface area contributed by atoms with E-state index in [4.69, 9.17) is 11.5 Å². The molecule has 0 heterocycles. The number of amides is 7. The van der Waals surface area contributed by atoms with E-state index < -0.39 is 41.5 Å². The van der Waals surface area contributed by atoms with E-state index in [2.05, 4.69) is 5.32 Å². The molecule has 7 amide bonds. The van der Waals surface area contributed by atoms with Crippen LogP contribution in [-0.4, -0.2) is 172 Å². The standard InChI is InChI=1S/C25H47N9O7/c1-29(2)13-20(36)31(4)15-22(38)33(6)17-24(40)34(7)16-23(39)32(5)14-21(37)30(3)12-19(35)28-18(25(27)41)10-8-9-11-26/h18H,8-17,26H2,1-7H3,(H2,27,41)(H,28,35)/t18-/m1/s1. The Morgan fingerprint density at radius 1 is 0.561 bits per heavy atom. The fraction of sp³-hybridized carbons (Fsp3) is 0.720. The highest BCUT2D eigenvalue weighted by Crippen LogP contribution is 2.01. The molecule has 0 rings (SSSR count). The van der Waals surface area contributed by atoms with Gasteiger partial charge in [0.2, 0.25) is 41.4 Å². The van der Waals surface area contributed by atoms with E-state index in [1.807, 2.05) is 0 Å². The molecule has 16 heteroatoms. The molecule has 0 saturated heterocycles. The maximum Gasteiger partial charge on any atom is 0.242 e. The highest BCUT2D eigenvalue weighted by atomic mass is 16.2. The molecule has 0 fully saturated rings. The molecule has 0 saturated carbocycles. The third kappa shape index (κ3) is 15.0. The lowest BCUT2D eigenvalue weighted by atomic mass is 10.1. The molecule has 0 unspecified atom stereocenters. The molecule has 5 N–H and O–H groups in total. The molecule has 0 aliphatic carbocycles. The van der Waals surface area contributed by atoms with Crippen LogP contribution in [0.2, 0.25) is 0 Å². The van der Waals surface area contributed by atoms with Crippen LogP contribution in [0.3, 0.4) is 0 Å². The Morgan fingerprint density at radius 3 is 1.22 bits per heavy atom. The van der Waals surface area contributed by atoms with Crippen LogP contribution >= 0.6 is 0 Å². The number of carbonyl (C=O) groups is 7. The Labute approximate surface area is 241 Å². The summed E-state index contributed by atoms with van der Waals surface area (Å²) in [5.41, 5.74) is 10.8. The van der Waals surface area contributed by atoms with Crippen molar-refractivity contribution in [2.75, 3.05) is 95.1 Å². The van der Waals surface area contributed by atoms with Crippen LogP contribution in [0.1, 0.15) is 19.3 Å². The van der Waals surface area contributed by atoms with Gasteiger partial charge >= 0.3 is 0 Å². The van der Waals surface area contributed by atoms with Gasteiger partial charge in [0.05, 0.1) is 39.3 Å². The van der Waals surface area contributed by atoms with Gasteiger partial charge in [-0.3, -0.25) is 33.6 Å². The van der Waals surface area contributed by atoms with Crippen molar-refractivity contribution in [2.45, 2.75) is 25.3 Å². The summed E-state index contributed by atoms with van der Waals surface area (Å²) in [5, 5.41) is 2.50. The van der Waals surface area contributed by atoms with Gasteiger partial charge in [-0.15, -0.1) is 0 Å². The lowest BCUT2D eigenvalue weighted by molar-refractivity contribution is -0.145. The van der Waals surface area contributed by atoms with Gasteiger partial charge in [-0.2, -0.15) is 0 Å². The fourth-order valence-corrected chi connectivity index (χ4v) is 3.36. The Bertz CT molecular complexity index is 944. The summed E-state index contributed by atoms with van der Waals surface area (Å²) in [7, 11) is 10.5. The van der Waals surface area contributed by atoms with Gasteiger partial charge in [0.1, 0.15) is 6.04 Å². The normalized spacial score (nSPS) is 11.3. The SMILES string of the molecule is CN(C)CC(=O)N(C)CC(=O)N(C)CC(=O)N(C)CC(=O)N(C)CC(=O)N(C)CC(=O)N[C@H](CCCCN)C(N)=O. The number of unbranched alkanes of at least 4 members (excludes halogenated alkanes) is 1. The number of nitrogens with zero attached hydrogens (tertiary/aromatic N) is 6. The summed E-state index contributed by atoms with van der Waals surface area (Å²) in [6.45, 7) is -0.977. The van der Waals surface area contributed by atoms with E-state index in [0.717, 1.165) is 19.6 Å². The largest absolute Gasteiger partial charge is 0.368 e. The second-order valence-electron chi connectivity index (χ2n) is 10.3. The molecule has 0 aromatic rings. The van der Waals surface area contributed by atoms with Crippen molar-refractivity contribution < 1.29 is 33.6 Å². The average Bonchev–Trinajstić information content (AvgIpc) is 2.86. The number of rotatable bonds is 18. The Hall–Kier alpha value is -3.79. The van der Waals surface area contributed by atoms with Crippen LogP contribution < -0.4 is 16.8 Å². The summed E-state index contributed by atoms with van der Waals surface area (Å²) in [4.78, 5) is 93.5. The maximum absolute atomic E-state index is 12.6. The molecule has 0 radical (unpaired) electrons. The van der Waals surface area contributed by atoms with Gasteiger partial charge < -0.3 is 46.2 Å². The molecule has 234 valence electrons. The number of hydrogen-bond acceptors (Lipinski definition) is 9. The first-order chi connectivity index (χ1) is 19.0. The van der Waals surface area contributed by atoms with Crippen molar-refractivity contribution in [3.63, 3.8) is 0 Å². The van der Waals surface area contributed by atoms with Crippen LogP contribution in [-0.2, 0) is 33.6 Å². The summed E-state index contributed by atoms with van der Waals surface area (Å²) >= 11 is 0. The number of nitrogens with two attached hydrogens (primary N) is 2. The van der Waals surface area contributed by atoms with Gasteiger partial charge in [0, 0.05) is 35.2 Å². The first-order valence-corrected chi connectivity index (χ1v) is 13.1. The smallest absolute Gasteiger partial charge is 0.242 e.